The molecular weight excluding hydrogens is 369 g/mol. The Kier molecular flexibility index (Phi) is 3.54. The Balaban J connectivity index is 2.13. The number of benzene rings is 1. The summed E-state index contributed by atoms with van der Waals surface area (Å²) >= 11 is 7.57. The first-order valence-corrected chi connectivity index (χ1v) is 8.72. The molecule has 6 nitrogen and oxygen atoms in total. The van der Waals surface area contributed by atoms with Crippen LogP contribution in [-0.2, 0) is 0 Å². The highest BCUT2D eigenvalue weighted by Gasteiger charge is 2.29. The quantitative estimate of drug-likeness (QED) is 0.705. The molecule has 1 aliphatic heterocycles. The molecule has 0 spiro atoms. The summed E-state index contributed by atoms with van der Waals surface area (Å²) in [5.74, 6) is -2.03. The van der Waals surface area contributed by atoms with Crippen molar-refractivity contribution in [1.82, 2.24) is 4.40 Å². The van der Waals surface area contributed by atoms with E-state index < -0.39 is 22.8 Å². The lowest BCUT2D eigenvalue weighted by Crippen LogP contribution is -2.29. The molecule has 0 saturated carbocycles. The van der Waals surface area contributed by atoms with Gasteiger partial charge in [0, 0.05) is 19.1 Å². The van der Waals surface area contributed by atoms with Crippen molar-refractivity contribution in [3.8, 4) is 0 Å². The molecule has 3 N–H and O–H groups in total. The van der Waals surface area contributed by atoms with Crippen molar-refractivity contribution >= 4 is 56.9 Å². The molecule has 1 fully saturated rings. The largest absolute Gasteiger partial charge is 0.477 e. The van der Waals surface area contributed by atoms with Crippen LogP contribution in [0.2, 0.25) is 5.02 Å². The monoisotopic (exact) mass is 381 g/mol. The van der Waals surface area contributed by atoms with Gasteiger partial charge in [0.2, 0.25) is 5.43 Å². The van der Waals surface area contributed by atoms with Crippen LogP contribution in [0.15, 0.2) is 10.9 Å². The number of carboxylic acid groups (broad SMARTS) is 1. The number of carboxylic acids is 1. The zero-order valence-electron chi connectivity index (χ0n) is 12.9. The topological polar surface area (TPSA) is 88.0 Å². The summed E-state index contributed by atoms with van der Waals surface area (Å²) in [6.45, 7) is 4.85. The van der Waals surface area contributed by atoms with E-state index >= 15 is 0 Å². The van der Waals surface area contributed by atoms with E-state index in [0.29, 0.717) is 24.2 Å². The van der Waals surface area contributed by atoms with Gasteiger partial charge in [0.05, 0.1) is 26.3 Å². The van der Waals surface area contributed by atoms with Crippen LogP contribution in [0.1, 0.15) is 16.8 Å². The van der Waals surface area contributed by atoms with Crippen LogP contribution < -0.4 is 20.7 Å². The lowest BCUT2D eigenvalue weighted by atomic mass is 10.1. The molecule has 0 unspecified atom stereocenters. The molecule has 130 valence electrons. The minimum absolute atomic E-state index is 0.0702. The molecule has 2 aromatic heterocycles. The van der Waals surface area contributed by atoms with Crippen molar-refractivity contribution in [3.05, 3.63) is 37.4 Å². The molecule has 4 rings (SSSR count). The molecule has 1 saturated heterocycles. The number of rotatable bonds is 2. The summed E-state index contributed by atoms with van der Waals surface area (Å²) in [4.78, 5) is 26.0. The Bertz CT molecular complexity index is 1160. The number of halogens is 2. The van der Waals surface area contributed by atoms with Crippen LogP contribution in [0.5, 0.6) is 0 Å². The summed E-state index contributed by atoms with van der Waals surface area (Å²) < 4.78 is 16.8. The molecule has 0 radical (unpaired) electrons. The predicted octanol–water partition coefficient (Wildman–Crippen LogP) is 1.67. The molecule has 0 bridgehead atoms. The second kappa shape index (κ2) is 5.42. The minimum Gasteiger partial charge on any atom is -0.477 e. The van der Waals surface area contributed by atoms with Crippen molar-refractivity contribution in [1.29, 1.82) is 0 Å². The Labute approximate surface area is 149 Å². The number of aromatic carboxylic acids is 1. The molecule has 25 heavy (non-hydrogen) atoms. The highest BCUT2D eigenvalue weighted by Crippen LogP contribution is 2.37. The van der Waals surface area contributed by atoms with E-state index in [4.69, 9.17) is 17.3 Å². The third-order valence-corrected chi connectivity index (χ3v) is 5.86. The summed E-state index contributed by atoms with van der Waals surface area (Å²) in [6.07, 6.45) is 0.715. The molecule has 0 amide bonds. The number of hydrogen-bond donors (Lipinski definition) is 2. The predicted molar refractivity (Wildman–Crippen MR) is 96.5 cm³/mol. The van der Waals surface area contributed by atoms with E-state index in [1.54, 1.807) is 4.90 Å². The Morgan fingerprint density at radius 1 is 1.52 bits per heavy atom. The maximum absolute atomic E-state index is 14.7. The van der Waals surface area contributed by atoms with Crippen LogP contribution in [0.3, 0.4) is 0 Å². The van der Waals surface area contributed by atoms with Gasteiger partial charge in [-0.05, 0) is 12.5 Å². The molecule has 1 atom stereocenters. The van der Waals surface area contributed by atoms with Gasteiger partial charge in [-0.3, -0.25) is 9.20 Å². The van der Waals surface area contributed by atoms with Crippen LogP contribution in [0.25, 0.3) is 22.3 Å². The summed E-state index contributed by atoms with van der Waals surface area (Å²) in [5, 5.41) is 9.34. The Morgan fingerprint density at radius 2 is 2.24 bits per heavy atom. The normalized spacial score (nSPS) is 17.9. The van der Waals surface area contributed by atoms with E-state index in [1.165, 1.54) is 4.40 Å². The first kappa shape index (κ1) is 16.3. The number of nitrogens with zero attached hydrogens (tertiary/aromatic N) is 2. The fourth-order valence-electron chi connectivity index (χ4n) is 3.36. The van der Waals surface area contributed by atoms with Crippen LogP contribution in [0, 0.1) is 5.82 Å². The smallest absolute Gasteiger partial charge is 0.342 e. The minimum atomic E-state index is -1.36. The van der Waals surface area contributed by atoms with Crippen LogP contribution in [-0.4, -0.2) is 34.6 Å². The lowest BCUT2D eigenvalue weighted by molar-refractivity contribution is 0.0697. The van der Waals surface area contributed by atoms with Gasteiger partial charge < -0.3 is 15.7 Å². The molecule has 0 aliphatic carbocycles. The third kappa shape index (κ3) is 2.18. The second-order valence-corrected chi connectivity index (χ2v) is 7.50. The number of anilines is 1. The van der Waals surface area contributed by atoms with Crippen LogP contribution >= 0.6 is 22.9 Å². The van der Waals surface area contributed by atoms with Gasteiger partial charge in [-0.15, -0.1) is 0 Å². The fraction of sp³-hybridized carbons (Fsp3) is 0.250. The molecule has 9 heteroatoms. The van der Waals surface area contributed by atoms with E-state index in [1.807, 2.05) is 0 Å². The van der Waals surface area contributed by atoms with Crippen molar-refractivity contribution in [2.45, 2.75) is 12.5 Å². The number of carbonyl (C=O) groups is 1. The van der Waals surface area contributed by atoms with Crippen LogP contribution in [0.4, 0.5) is 10.1 Å². The number of nitrogens with two attached hydrogens (primary N) is 1. The first-order chi connectivity index (χ1) is 11.8. The van der Waals surface area contributed by atoms with Gasteiger partial charge in [-0.2, -0.15) is 0 Å². The molecule has 1 aromatic carbocycles. The number of pyridine rings is 1. The Morgan fingerprint density at radius 3 is 2.80 bits per heavy atom. The Hall–Kier alpha value is -2.16. The van der Waals surface area contributed by atoms with Gasteiger partial charge in [0.1, 0.15) is 16.2 Å². The van der Waals surface area contributed by atoms with E-state index in [9.17, 15) is 19.1 Å². The summed E-state index contributed by atoms with van der Waals surface area (Å²) in [6, 6.07) is 0.982. The first-order valence-electron chi connectivity index (χ1n) is 7.53. The fourth-order valence-corrected chi connectivity index (χ4v) is 4.69. The average molecular weight is 382 g/mol. The van der Waals surface area contributed by atoms with E-state index in [2.05, 4.69) is 6.58 Å². The van der Waals surface area contributed by atoms with Crippen molar-refractivity contribution in [3.63, 3.8) is 0 Å². The third-order valence-electron chi connectivity index (χ3n) is 4.50. The van der Waals surface area contributed by atoms with Crippen molar-refractivity contribution in [2.75, 3.05) is 18.0 Å². The molecule has 3 heterocycles. The summed E-state index contributed by atoms with van der Waals surface area (Å²) in [5.41, 5.74) is 5.22. The van der Waals surface area contributed by atoms with E-state index in [0.717, 1.165) is 17.4 Å². The molecular formula is C16H13ClFN3O3S. The standard InChI is InChI=1S/C16H13ClFN3O3S/c1-6-21-12-8(14(22)10(16(23)24)15(21)25-6)4-9(18)13(11(12)17)20-3-2-7(19)5-20/h4,7H,1-3,5,19H2,(H,23,24)/t7-/m1/s1. The van der Waals surface area contributed by atoms with Crippen molar-refractivity contribution < 1.29 is 14.3 Å². The molecule has 1 aliphatic rings. The zero-order valence-corrected chi connectivity index (χ0v) is 14.5. The van der Waals surface area contributed by atoms with Gasteiger partial charge >= 0.3 is 5.97 Å². The number of hydrogen-bond acceptors (Lipinski definition) is 5. The number of fused-ring (bicyclic) bond motifs is 3. The lowest BCUT2D eigenvalue weighted by Gasteiger charge is -2.23. The summed E-state index contributed by atoms with van der Waals surface area (Å²) in [7, 11) is 0. The second-order valence-electron chi connectivity index (χ2n) is 6.06. The van der Waals surface area contributed by atoms with Gasteiger partial charge in [0.25, 0.3) is 0 Å². The zero-order chi connectivity index (χ0) is 18.0. The van der Waals surface area contributed by atoms with Gasteiger partial charge in [0.15, 0.2) is 0 Å². The SMILES string of the molecule is C=c1sc2c(C(=O)O)c(=O)c3cc(F)c(N4CC[C@@H](N)C4)c(Cl)c3n12. The van der Waals surface area contributed by atoms with Gasteiger partial charge in [-0.1, -0.05) is 29.5 Å². The molecule has 3 aromatic rings. The highest BCUT2D eigenvalue weighted by molar-refractivity contribution is 7.17. The number of aromatic nitrogens is 1. The average Bonchev–Trinajstić information content (AvgIpc) is 2.94. The van der Waals surface area contributed by atoms with E-state index in [-0.39, 0.29) is 32.5 Å². The maximum Gasteiger partial charge on any atom is 0.342 e. The van der Waals surface area contributed by atoms with Gasteiger partial charge in [-0.25, -0.2) is 9.18 Å². The maximum atomic E-state index is 14.7. The highest BCUT2D eigenvalue weighted by atomic mass is 35.5. The van der Waals surface area contributed by atoms with Crippen molar-refractivity contribution in [2.24, 2.45) is 5.73 Å².